The van der Waals surface area contributed by atoms with Crippen molar-refractivity contribution in [1.29, 1.82) is 0 Å². The Morgan fingerprint density at radius 2 is 1.00 bits per heavy atom. The molecule has 0 fully saturated rings. The van der Waals surface area contributed by atoms with E-state index in [1.807, 2.05) is 0 Å². The maximum Gasteiger partial charge on any atom is 0 e. The van der Waals surface area contributed by atoms with Crippen LogP contribution in [0, 0.1) is 124 Å². The van der Waals surface area contributed by atoms with Crippen LogP contribution in [0.5, 0.6) is 0 Å². The zero-order valence-corrected chi connectivity index (χ0v) is 13.4. The van der Waals surface area contributed by atoms with Gasteiger partial charge in [0.25, 0.3) is 0 Å². The predicted octanol–water partition coefficient (Wildman–Crippen LogP) is -0.00750. The molecule has 0 saturated carbocycles. The number of hydrogen-bond donors (Lipinski definition) is 0. The molecule has 0 bridgehead atoms. The molecule has 0 N–H and O–H groups in total. The van der Waals surface area contributed by atoms with Gasteiger partial charge in [-0.3, -0.25) is 0 Å². The van der Waals surface area contributed by atoms with E-state index in [9.17, 15) is 0 Å². The molecule has 55 valence electrons. The van der Waals surface area contributed by atoms with Crippen LogP contribution in [0.25, 0.3) is 0 Å². The topological polar surface area (TPSA) is 0 Å². The summed E-state index contributed by atoms with van der Waals surface area (Å²) in [4.78, 5) is 0. The van der Waals surface area contributed by atoms with Crippen LogP contribution >= 0.6 is 0 Å². The molecule has 6 heavy (non-hydrogen) atoms. The summed E-state index contributed by atoms with van der Waals surface area (Å²) in [5.74, 6) is 0. The fourth-order valence-electron chi connectivity index (χ4n) is 0. The Morgan fingerprint density at radius 1 is 1.00 bits per heavy atom. The molecule has 0 unspecified atom stereocenters. The van der Waals surface area contributed by atoms with E-state index in [-0.39, 0.29) is 189 Å². The van der Waals surface area contributed by atoms with Crippen molar-refractivity contribution in [2.45, 2.75) is 0 Å². The summed E-state index contributed by atoms with van der Waals surface area (Å²) in [6.07, 6.45) is 0. The van der Waals surface area contributed by atoms with Crippen LogP contribution in [0.1, 0.15) is 0 Å². The third kappa shape index (κ3) is 22.5. The van der Waals surface area contributed by atoms with Gasteiger partial charge in [0.1, 0.15) is 0 Å². The van der Waals surface area contributed by atoms with Crippen molar-refractivity contribution in [3.63, 3.8) is 0 Å². The van der Waals surface area contributed by atoms with E-state index in [1.165, 1.54) is 0 Å². The van der Waals surface area contributed by atoms with Crippen LogP contribution in [0.3, 0.4) is 0 Å². The quantitative estimate of drug-likeness (QED) is 0.307. The maximum atomic E-state index is 0. The van der Waals surface area contributed by atoms with Gasteiger partial charge in [-0.2, -0.15) is 0 Å². The summed E-state index contributed by atoms with van der Waals surface area (Å²) in [6, 6.07) is 0. The second kappa shape index (κ2) is 30.3. The van der Waals surface area contributed by atoms with E-state index in [2.05, 4.69) is 0 Å². The Morgan fingerprint density at radius 3 is 1.00 bits per heavy atom. The third-order valence-corrected chi connectivity index (χ3v) is 0. The van der Waals surface area contributed by atoms with E-state index in [0.717, 1.165) is 0 Å². The summed E-state index contributed by atoms with van der Waals surface area (Å²) >= 11 is 0. The zero-order valence-electron chi connectivity index (χ0n) is 2.12. The average Bonchev–Trinajstić information content (AvgIpc) is 0. The molecule has 6 heteroatoms. The molecule has 0 aliphatic rings. The van der Waals surface area contributed by atoms with Crippen molar-refractivity contribution in [3.05, 3.63) is 0 Å². The first-order valence-electron chi connectivity index (χ1n) is 0. The minimum atomic E-state index is 0. The van der Waals surface area contributed by atoms with Gasteiger partial charge in [-0.1, -0.05) is 0 Å². The standard InChI is InChI=1S/Cu.Er.Gd.Mo.Yb.Zr. The summed E-state index contributed by atoms with van der Waals surface area (Å²) in [5.41, 5.74) is 0. The molecule has 0 aromatic heterocycles. The van der Waals surface area contributed by atoms with E-state index >= 15 is 0 Å². The van der Waals surface area contributed by atoms with E-state index in [0.29, 0.717) is 0 Å². The molecule has 0 saturated heterocycles. The molecule has 0 aliphatic heterocycles. The van der Waals surface area contributed by atoms with Crippen LogP contribution in [0.2, 0.25) is 0 Å². The molecule has 0 heterocycles. The van der Waals surface area contributed by atoms with E-state index in [4.69, 9.17) is 0 Å². The molecule has 0 atom stereocenters. The summed E-state index contributed by atoms with van der Waals surface area (Å²) < 4.78 is 0. The van der Waals surface area contributed by atoms with Crippen LogP contribution in [0.4, 0.5) is 0 Å². The minimum absolute atomic E-state index is 0. The van der Waals surface area contributed by atoms with Crippen molar-refractivity contribution in [3.8, 4) is 0 Å². The van der Waals surface area contributed by atoms with Gasteiger partial charge in [-0.15, -0.1) is 0 Å². The van der Waals surface area contributed by atoms with Crippen molar-refractivity contribution >= 4 is 0 Å². The second-order valence-electron chi connectivity index (χ2n) is 0. The minimum Gasteiger partial charge on any atom is 0 e. The molecule has 0 aliphatic carbocycles. The summed E-state index contributed by atoms with van der Waals surface area (Å²) in [6.45, 7) is 0. The predicted molar refractivity (Wildman–Crippen MR) is 0 cm³/mol. The van der Waals surface area contributed by atoms with Gasteiger partial charge in [-0.05, 0) is 0 Å². The van der Waals surface area contributed by atoms with Crippen molar-refractivity contribution in [2.24, 2.45) is 0 Å². The van der Waals surface area contributed by atoms with Crippen molar-refractivity contribution < 1.29 is 189 Å². The molecular weight excluding hydrogens is 748 g/mol. The van der Waals surface area contributed by atoms with E-state index < -0.39 is 0 Å². The van der Waals surface area contributed by atoms with Crippen LogP contribution in [0.15, 0.2) is 0 Å². The Balaban J connectivity index is 0. The molecule has 0 rings (SSSR count). The van der Waals surface area contributed by atoms with Crippen LogP contribution in [-0.4, -0.2) is 0 Å². The molecule has 0 nitrogen and oxygen atoms in total. The summed E-state index contributed by atoms with van der Waals surface area (Å²) in [5, 5.41) is 0. The Hall–Kier alpha value is 6.18. The van der Waals surface area contributed by atoms with E-state index in [1.54, 1.807) is 0 Å². The maximum absolute atomic E-state index is 0. The molecule has 0 aromatic rings. The Labute approximate surface area is 182 Å². The second-order valence-corrected chi connectivity index (χ2v) is 0. The van der Waals surface area contributed by atoms with Gasteiger partial charge in [0.05, 0.1) is 0 Å². The molecule has 0 aromatic carbocycles. The van der Waals surface area contributed by atoms with Crippen LogP contribution in [-0.2, 0) is 64.3 Å². The third-order valence-electron chi connectivity index (χ3n) is 0. The van der Waals surface area contributed by atoms with Crippen molar-refractivity contribution in [2.75, 3.05) is 0 Å². The first-order valence-corrected chi connectivity index (χ1v) is 0. The zero-order chi connectivity index (χ0) is 0. The fraction of sp³-hybridized carbons (Fsp3) is 0. The normalized spacial score (nSPS) is 0. The van der Waals surface area contributed by atoms with Gasteiger partial charge in [0.2, 0.25) is 0 Å². The first kappa shape index (κ1) is 39.9. The smallest absolute Gasteiger partial charge is 0 e. The van der Waals surface area contributed by atoms with Gasteiger partial charge in [0.15, 0.2) is 0 Å². The molecular formula is CuErGdMoYbZr. The summed E-state index contributed by atoms with van der Waals surface area (Å²) in [7, 11) is 0. The first-order chi connectivity index (χ1) is 0. The Kier molecular flexibility index (Phi) is 202. The largest absolute Gasteiger partial charge is 0 e. The Bertz CT molecular complexity index is 15.5. The van der Waals surface area contributed by atoms with Crippen molar-refractivity contribution in [1.82, 2.24) is 0 Å². The van der Waals surface area contributed by atoms with Gasteiger partial charge in [0, 0.05) is 189 Å². The SMILES string of the molecule is [Cu].[Er].[Gd].[Mo].[Yb].[Zr]. The van der Waals surface area contributed by atoms with Gasteiger partial charge in [-0.25, -0.2) is 0 Å². The van der Waals surface area contributed by atoms with Crippen LogP contribution < -0.4 is 0 Å². The number of rotatable bonds is 0. The fourth-order valence-corrected chi connectivity index (χ4v) is 0. The molecule has 0 amide bonds. The molecule has 1 radical (unpaired) electrons. The molecule has 0 spiro atoms. The van der Waals surface area contributed by atoms with Gasteiger partial charge < -0.3 is 0 Å². The number of hydrogen-bond acceptors (Lipinski definition) is 0. The van der Waals surface area contributed by atoms with Gasteiger partial charge >= 0.3 is 0 Å². The average molecular weight is 748 g/mol. The monoisotopic (exact) mass is 749 g/mol.